The minimum absolute atomic E-state index is 0.458. The zero-order valence-corrected chi connectivity index (χ0v) is 10.1. The van der Waals surface area contributed by atoms with Crippen LogP contribution in [-0.2, 0) is 6.54 Å². The summed E-state index contributed by atoms with van der Waals surface area (Å²) in [6.45, 7) is 4.95. The van der Waals surface area contributed by atoms with E-state index in [-0.39, 0.29) is 0 Å². The van der Waals surface area contributed by atoms with Gasteiger partial charge in [0.05, 0.1) is 11.9 Å². The summed E-state index contributed by atoms with van der Waals surface area (Å²) in [5.41, 5.74) is 6.47. The van der Waals surface area contributed by atoms with Gasteiger partial charge < -0.3 is 10.6 Å². The van der Waals surface area contributed by atoms with Crippen LogP contribution in [0.2, 0.25) is 0 Å². The zero-order valence-electron chi connectivity index (χ0n) is 10.1. The molecule has 2 atom stereocenters. The monoisotopic (exact) mass is 220 g/mol. The van der Waals surface area contributed by atoms with E-state index in [1.54, 1.807) is 6.20 Å². The fourth-order valence-corrected chi connectivity index (χ4v) is 2.50. The van der Waals surface area contributed by atoms with E-state index in [2.05, 4.69) is 28.7 Å². The highest BCUT2D eigenvalue weighted by Gasteiger charge is 2.30. The lowest BCUT2D eigenvalue weighted by Gasteiger charge is -2.29. The van der Waals surface area contributed by atoms with Gasteiger partial charge in [-0.15, -0.1) is 0 Å². The van der Waals surface area contributed by atoms with Crippen molar-refractivity contribution in [3.8, 4) is 0 Å². The lowest BCUT2D eigenvalue weighted by Crippen LogP contribution is -2.35. The highest BCUT2D eigenvalue weighted by Crippen LogP contribution is 2.30. The van der Waals surface area contributed by atoms with E-state index in [4.69, 9.17) is 5.73 Å². The Morgan fingerprint density at radius 3 is 2.94 bits per heavy atom. The van der Waals surface area contributed by atoms with Crippen molar-refractivity contribution in [2.24, 2.45) is 5.73 Å². The van der Waals surface area contributed by atoms with Gasteiger partial charge in [0.1, 0.15) is 5.82 Å². The summed E-state index contributed by atoms with van der Waals surface area (Å²) in [6, 6.07) is 1.17. The molecule has 0 aliphatic carbocycles. The number of rotatable bonds is 3. The second-order valence-electron chi connectivity index (χ2n) is 4.47. The summed E-state index contributed by atoms with van der Waals surface area (Å²) < 4.78 is 0. The van der Waals surface area contributed by atoms with Crippen molar-refractivity contribution in [1.29, 1.82) is 0 Å². The first-order valence-electron chi connectivity index (χ1n) is 6.05. The molecule has 0 saturated carbocycles. The molecule has 88 valence electrons. The third-order valence-electron chi connectivity index (χ3n) is 3.40. The number of nitrogens with zero attached hydrogens (tertiary/aromatic N) is 3. The molecule has 2 unspecified atom stereocenters. The first-order chi connectivity index (χ1) is 7.76. The maximum absolute atomic E-state index is 5.60. The van der Waals surface area contributed by atoms with Crippen molar-refractivity contribution in [1.82, 2.24) is 9.97 Å². The van der Waals surface area contributed by atoms with E-state index < -0.39 is 0 Å². The molecular weight excluding hydrogens is 200 g/mol. The predicted octanol–water partition coefficient (Wildman–Crippen LogP) is 1.70. The number of hydrogen-bond acceptors (Lipinski definition) is 4. The van der Waals surface area contributed by atoms with Crippen LogP contribution in [0.4, 0.5) is 5.82 Å². The predicted molar refractivity (Wildman–Crippen MR) is 65.2 cm³/mol. The van der Waals surface area contributed by atoms with Crippen molar-refractivity contribution >= 4 is 5.82 Å². The summed E-state index contributed by atoms with van der Waals surface area (Å²) in [5, 5.41) is 0. The Balaban J connectivity index is 2.27. The second kappa shape index (κ2) is 4.78. The van der Waals surface area contributed by atoms with Crippen molar-refractivity contribution in [3.63, 3.8) is 0 Å². The van der Waals surface area contributed by atoms with E-state index in [0.717, 1.165) is 11.5 Å². The van der Waals surface area contributed by atoms with Crippen molar-refractivity contribution in [2.45, 2.75) is 51.7 Å². The van der Waals surface area contributed by atoms with Crippen molar-refractivity contribution in [2.75, 3.05) is 4.90 Å². The summed E-state index contributed by atoms with van der Waals surface area (Å²) in [5.74, 6) is 0.986. The molecule has 1 fully saturated rings. The van der Waals surface area contributed by atoms with Crippen LogP contribution in [0.3, 0.4) is 0 Å². The van der Waals surface area contributed by atoms with Gasteiger partial charge in [0.2, 0.25) is 0 Å². The fourth-order valence-electron chi connectivity index (χ4n) is 2.50. The number of anilines is 1. The molecule has 1 aromatic heterocycles. The third-order valence-corrected chi connectivity index (χ3v) is 3.40. The van der Waals surface area contributed by atoms with Crippen LogP contribution in [0.5, 0.6) is 0 Å². The van der Waals surface area contributed by atoms with Gasteiger partial charge in [-0.1, -0.05) is 6.92 Å². The van der Waals surface area contributed by atoms with Crippen LogP contribution < -0.4 is 10.6 Å². The zero-order chi connectivity index (χ0) is 11.5. The third kappa shape index (κ3) is 2.02. The van der Waals surface area contributed by atoms with Gasteiger partial charge in [0.15, 0.2) is 0 Å². The molecule has 0 amide bonds. The lowest BCUT2D eigenvalue weighted by atomic mass is 10.1. The van der Waals surface area contributed by atoms with Crippen LogP contribution >= 0.6 is 0 Å². The molecular formula is C12H20N4. The van der Waals surface area contributed by atoms with Gasteiger partial charge in [-0.3, -0.25) is 4.98 Å². The van der Waals surface area contributed by atoms with Gasteiger partial charge in [0.25, 0.3) is 0 Å². The number of nitrogens with two attached hydrogens (primary N) is 1. The van der Waals surface area contributed by atoms with Crippen LogP contribution in [0.25, 0.3) is 0 Å². The van der Waals surface area contributed by atoms with E-state index in [1.807, 2.05) is 6.20 Å². The normalized spacial score (nSPS) is 25.1. The molecule has 0 radical (unpaired) electrons. The van der Waals surface area contributed by atoms with E-state index in [1.165, 1.54) is 19.3 Å². The van der Waals surface area contributed by atoms with E-state index >= 15 is 0 Å². The van der Waals surface area contributed by atoms with Gasteiger partial charge in [-0.05, 0) is 26.2 Å². The smallest absolute Gasteiger partial charge is 0.147 e. The average molecular weight is 220 g/mol. The summed E-state index contributed by atoms with van der Waals surface area (Å²) >= 11 is 0. The minimum atomic E-state index is 0.458. The molecule has 0 spiro atoms. The Bertz CT molecular complexity index is 353. The second-order valence-corrected chi connectivity index (χ2v) is 4.47. The molecule has 2 heterocycles. The van der Waals surface area contributed by atoms with Crippen molar-refractivity contribution < 1.29 is 0 Å². The van der Waals surface area contributed by atoms with Gasteiger partial charge in [-0.25, -0.2) is 4.98 Å². The molecule has 4 nitrogen and oxygen atoms in total. The molecule has 1 aliphatic heterocycles. The largest absolute Gasteiger partial charge is 0.350 e. The van der Waals surface area contributed by atoms with E-state index in [0.29, 0.717) is 18.6 Å². The average Bonchev–Trinajstić information content (AvgIpc) is 2.70. The summed E-state index contributed by atoms with van der Waals surface area (Å²) in [4.78, 5) is 11.2. The first kappa shape index (κ1) is 11.3. The Morgan fingerprint density at radius 1 is 1.44 bits per heavy atom. The van der Waals surface area contributed by atoms with Crippen LogP contribution in [0.1, 0.15) is 38.8 Å². The molecule has 16 heavy (non-hydrogen) atoms. The topological polar surface area (TPSA) is 55.0 Å². The maximum Gasteiger partial charge on any atom is 0.147 e. The Labute approximate surface area is 96.9 Å². The Kier molecular flexibility index (Phi) is 3.39. The first-order valence-corrected chi connectivity index (χ1v) is 6.05. The van der Waals surface area contributed by atoms with Crippen LogP contribution in [0.15, 0.2) is 12.4 Å². The molecule has 2 N–H and O–H groups in total. The Morgan fingerprint density at radius 2 is 2.25 bits per heavy atom. The fraction of sp³-hybridized carbons (Fsp3) is 0.667. The van der Waals surface area contributed by atoms with Gasteiger partial charge >= 0.3 is 0 Å². The number of hydrogen-bond donors (Lipinski definition) is 1. The van der Waals surface area contributed by atoms with Gasteiger partial charge in [-0.2, -0.15) is 0 Å². The minimum Gasteiger partial charge on any atom is -0.350 e. The molecule has 1 saturated heterocycles. The summed E-state index contributed by atoms with van der Waals surface area (Å²) in [6.07, 6.45) is 7.26. The van der Waals surface area contributed by atoms with Crippen LogP contribution in [-0.4, -0.2) is 22.1 Å². The quantitative estimate of drug-likeness (QED) is 0.842. The molecule has 2 rings (SSSR count). The summed E-state index contributed by atoms with van der Waals surface area (Å²) in [7, 11) is 0. The molecule has 1 aliphatic rings. The highest BCUT2D eigenvalue weighted by atomic mass is 15.3. The Hall–Kier alpha value is -1.16. The SMILES string of the molecule is CCC1CCC(C)N1c1cncc(CN)n1. The molecule has 4 heteroatoms. The highest BCUT2D eigenvalue weighted by molar-refractivity contribution is 5.41. The van der Waals surface area contributed by atoms with Crippen LogP contribution in [0, 0.1) is 0 Å². The van der Waals surface area contributed by atoms with E-state index in [9.17, 15) is 0 Å². The standard InChI is InChI=1S/C12H20N4/c1-3-11-5-4-9(2)16(11)12-8-14-7-10(6-13)15-12/h7-9,11H,3-6,13H2,1-2H3. The number of aromatic nitrogens is 2. The molecule has 1 aromatic rings. The van der Waals surface area contributed by atoms with Crippen molar-refractivity contribution in [3.05, 3.63) is 18.1 Å². The molecule has 0 bridgehead atoms. The van der Waals surface area contributed by atoms with Gasteiger partial charge in [0, 0.05) is 24.8 Å². The molecule has 0 aromatic carbocycles. The lowest BCUT2D eigenvalue weighted by molar-refractivity contribution is 0.618. The maximum atomic E-state index is 5.60.